The lowest BCUT2D eigenvalue weighted by Gasteiger charge is -2.10. The molecule has 0 aromatic carbocycles. The van der Waals surface area contributed by atoms with E-state index in [1.54, 1.807) is 13.1 Å². The summed E-state index contributed by atoms with van der Waals surface area (Å²) in [6.07, 6.45) is 1.74. The Morgan fingerprint density at radius 3 is 3.06 bits per heavy atom. The quantitative estimate of drug-likeness (QED) is 0.772. The molecule has 1 aromatic rings. The number of carbonyl (C=O) groups excluding carboxylic acids is 1. The molecule has 1 unspecified atom stereocenters. The molecule has 0 spiro atoms. The number of thioether (sulfide) groups is 1. The number of carbonyl (C=O) groups is 1. The molecule has 1 atom stereocenters. The maximum absolute atomic E-state index is 11.3. The third-order valence-corrected chi connectivity index (χ3v) is 2.86. The molecule has 5 heteroatoms. The Morgan fingerprint density at radius 1 is 1.62 bits per heavy atom. The fraction of sp³-hybridized carbons (Fsp3) is 0.455. The Kier molecular flexibility index (Phi) is 5.88. The average molecular weight is 240 g/mol. The van der Waals surface area contributed by atoms with Gasteiger partial charge in [-0.3, -0.25) is 9.78 Å². The van der Waals surface area contributed by atoms with Crippen LogP contribution >= 0.6 is 11.8 Å². The van der Waals surface area contributed by atoms with E-state index in [1.807, 2.05) is 18.2 Å². The predicted octanol–water partition coefficient (Wildman–Crippen LogP) is 0.812. The molecule has 0 radical (unpaired) electrons. The summed E-state index contributed by atoms with van der Waals surface area (Å²) in [5.74, 6) is 1.06. The van der Waals surface area contributed by atoms with E-state index in [9.17, 15) is 4.79 Å². The van der Waals surface area contributed by atoms with Crippen molar-refractivity contribution in [1.29, 1.82) is 0 Å². The summed E-state index contributed by atoms with van der Waals surface area (Å²) in [5, 5.41) is 11.4. The number of rotatable bonds is 6. The second-order valence-electron chi connectivity index (χ2n) is 3.47. The molecular formula is C11H16N2O2S. The Balaban J connectivity index is 2.18. The molecule has 1 aromatic heterocycles. The van der Waals surface area contributed by atoms with Crippen LogP contribution in [0.5, 0.6) is 0 Å². The maximum atomic E-state index is 11.3. The van der Waals surface area contributed by atoms with Crippen LogP contribution in [0.4, 0.5) is 0 Å². The smallest absolute Gasteiger partial charge is 0.230 e. The first-order valence-electron chi connectivity index (χ1n) is 5.10. The van der Waals surface area contributed by atoms with Gasteiger partial charge in [0.05, 0.1) is 18.1 Å². The molecule has 0 aliphatic heterocycles. The number of aliphatic hydroxyl groups is 1. The lowest BCUT2D eigenvalue weighted by molar-refractivity contribution is -0.119. The molecular weight excluding hydrogens is 224 g/mol. The van der Waals surface area contributed by atoms with Gasteiger partial charge in [0.1, 0.15) is 0 Å². The minimum Gasteiger partial charge on any atom is -0.394 e. The van der Waals surface area contributed by atoms with Crippen molar-refractivity contribution < 1.29 is 9.90 Å². The highest BCUT2D eigenvalue weighted by Gasteiger charge is 2.05. The highest BCUT2D eigenvalue weighted by atomic mass is 32.2. The van der Waals surface area contributed by atoms with Gasteiger partial charge < -0.3 is 10.4 Å². The lowest BCUT2D eigenvalue weighted by Crippen LogP contribution is -2.36. The van der Waals surface area contributed by atoms with Crippen molar-refractivity contribution in [2.45, 2.75) is 18.7 Å². The lowest BCUT2D eigenvalue weighted by atomic mass is 10.4. The first-order valence-corrected chi connectivity index (χ1v) is 6.25. The minimum absolute atomic E-state index is 0.0311. The average Bonchev–Trinajstić information content (AvgIpc) is 2.30. The van der Waals surface area contributed by atoms with Crippen LogP contribution in [0.3, 0.4) is 0 Å². The van der Waals surface area contributed by atoms with E-state index in [-0.39, 0.29) is 18.6 Å². The molecule has 2 N–H and O–H groups in total. The van der Waals surface area contributed by atoms with Crippen molar-refractivity contribution in [2.75, 3.05) is 12.4 Å². The van der Waals surface area contributed by atoms with Gasteiger partial charge in [-0.05, 0) is 19.1 Å². The van der Waals surface area contributed by atoms with Gasteiger partial charge in [-0.15, -0.1) is 11.8 Å². The van der Waals surface area contributed by atoms with E-state index < -0.39 is 0 Å². The number of pyridine rings is 1. The Bertz CT molecular complexity index is 319. The van der Waals surface area contributed by atoms with E-state index in [0.717, 1.165) is 11.4 Å². The second kappa shape index (κ2) is 7.24. The molecule has 0 aliphatic carbocycles. The fourth-order valence-electron chi connectivity index (χ4n) is 1.09. The van der Waals surface area contributed by atoms with Crippen molar-refractivity contribution in [3.63, 3.8) is 0 Å². The number of hydrogen-bond acceptors (Lipinski definition) is 4. The van der Waals surface area contributed by atoms with Gasteiger partial charge in [-0.1, -0.05) is 6.07 Å². The van der Waals surface area contributed by atoms with Gasteiger partial charge >= 0.3 is 0 Å². The highest BCUT2D eigenvalue weighted by molar-refractivity contribution is 7.99. The van der Waals surface area contributed by atoms with Gasteiger partial charge in [-0.2, -0.15) is 0 Å². The van der Waals surface area contributed by atoms with Crippen molar-refractivity contribution in [3.8, 4) is 0 Å². The van der Waals surface area contributed by atoms with Gasteiger partial charge in [0, 0.05) is 18.0 Å². The summed E-state index contributed by atoms with van der Waals surface area (Å²) in [7, 11) is 0. The molecule has 0 saturated heterocycles. The van der Waals surface area contributed by atoms with E-state index in [0.29, 0.717) is 5.75 Å². The normalized spacial score (nSPS) is 12.1. The van der Waals surface area contributed by atoms with Crippen LogP contribution in [0.25, 0.3) is 0 Å². The summed E-state index contributed by atoms with van der Waals surface area (Å²) >= 11 is 1.51. The molecule has 0 aliphatic rings. The maximum Gasteiger partial charge on any atom is 0.230 e. The van der Waals surface area contributed by atoms with Crippen LogP contribution in [0, 0.1) is 0 Å². The Morgan fingerprint density at radius 2 is 2.44 bits per heavy atom. The first-order chi connectivity index (χ1) is 7.72. The molecule has 0 bridgehead atoms. The van der Waals surface area contributed by atoms with E-state index >= 15 is 0 Å². The minimum atomic E-state index is -0.178. The third-order valence-electron chi connectivity index (χ3n) is 1.89. The topological polar surface area (TPSA) is 62.2 Å². The highest BCUT2D eigenvalue weighted by Crippen LogP contribution is 2.08. The number of aliphatic hydroxyl groups excluding tert-OH is 1. The van der Waals surface area contributed by atoms with Crippen molar-refractivity contribution >= 4 is 17.7 Å². The summed E-state index contributed by atoms with van der Waals surface area (Å²) in [6.45, 7) is 1.73. The number of nitrogens with zero attached hydrogens (tertiary/aromatic N) is 1. The molecule has 4 nitrogen and oxygen atoms in total. The zero-order chi connectivity index (χ0) is 11.8. The van der Waals surface area contributed by atoms with Gasteiger partial charge in [-0.25, -0.2) is 0 Å². The molecule has 0 saturated carbocycles. The van der Waals surface area contributed by atoms with Crippen LogP contribution in [-0.4, -0.2) is 34.4 Å². The van der Waals surface area contributed by atoms with Crippen LogP contribution in [0.1, 0.15) is 12.6 Å². The van der Waals surface area contributed by atoms with Gasteiger partial charge in [0.25, 0.3) is 0 Å². The molecule has 16 heavy (non-hydrogen) atoms. The zero-order valence-corrected chi connectivity index (χ0v) is 10.0. The first kappa shape index (κ1) is 13.0. The number of amides is 1. The van der Waals surface area contributed by atoms with E-state index in [2.05, 4.69) is 10.3 Å². The Labute approximate surface area is 99.5 Å². The third kappa shape index (κ3) is 5.14. The van der Waals surface area contributed by atoms with Crippen LogP contribution in [0.15, 0.2) is 24.4 Å². The fourth-order valence-corrected chi connectivity index (χ4v) is 1.84. The van der Waals surface area contributed by atoms with E-state index in [4.69, 9.17) is 5.11 Å². The standard InChI is InChI=1S/C11H16N2O2S/c1-9(6-14)13-11(15)8-16-7-10-4-2-3-5-12-10/h2-5,9,14H,6-8H2,1H3,(H,13,15). The van der Waals surface area contributed by atoms with Crippen molar-refractivity contribution in [1.82, 2.24) is 10.3 Å². The summed E-state index contributed by atoms with van der Waals surface area (Å²) in [4.78, 5) is 15.5. The van der Waals surface area contributed by atoms with Crippen molar-refractivity contribution in [2.24, 2.45) is 0 Å². The van der Waals surface area contributed by atoms with Crippen molar-refractivity contribution in [3.05, 3.63) is 30.1 Å². The van der Waals surface area contributed by atoms with Gasteiger partial charge in [0.15, 0.2) is 0 Å². The largest absolute Gasteiger partial charge is 0.394 e. The Hall–Kier alpha value is -1.07. The molecule has 1 heterocycles. The number of hydrogen-bond donors (Lipinski definition) is 2. The molecule has 1 rings (SSSR count). The molecule has 1 amide bonds. The predicted molar refractivity (Wildman–Crippen MR) is 65.1 cm³/mol. The second-order valence-corrected chi connectivity index (χ2v) is 4.45. The zero-order valence-electron chi connectivity index (χ0n) is 9.22. The SMILES string of the molecule is CC(CO)NC(=O)CSCc1ccccn1. The summed E-state index contributed by atoms with van der Waals surface area (Å²) < 4.78 is 0. The molecule has 88 valence electrons. The van der Waals surface area contributed by atoms with Crippen LogP contribution < -0.4 is 5.32 Å². The van der Waals surface area contributed by atoms with E-state index in [1.165, 1.54) is 11.8 Å². The van der Waals surface area contributed by atoms with Crippen LogP contribution in [-0.2, 0) is 10.5 Å². The number of aromatic nitrogens is 1. The van der Waals surface area contributed by atoms with Crippen LogP contribution in [0.2, 0.25) is 0 Å². The summed E-state index contributed by atoms with van der Waals surface area (Å²) in [6, 6.07) is 5.55. The van der Waals surface area contributed by atoms with Gasteiger partial charge in [0.2, 0.25) is 5.91 Å². The monoisotopic (exact) mass is 240 g/mol. The number of nitrogens with one attached hydrogen (secondary N) is 1. The molecule has 0 fully saturated rings. The summed E-state index contributed by atoms with van der Waals surface area (Å²) in [5.41, 5.74) is 0.968.